The van der Waals surface area contributed by atoms with Gasteiger partial charge < -0.3 is 15.0 Å². The molecule has 0 amide bonds. The molecule has 2 aromatic carbocycles. The van der Waals surface area contributed by atoms with Gasteiger partial charge in [-0.15, -0.1) is 0 Å². The van der Waals surface area contributed by atoms with Gasteiger partial charge in [-0.3, -0.25) is 0 Å². The zero-order valence-electron chi connectivity index (χ0n) is 15.7. The Kier molecular flexibility index (Phi) is 4.48. The van der Waals surface area contributed by atoms with Gasteiger partial charge in [0, 0.05) is 29.7 Å². The first kappa shape index (κ1) is 17.4. The number of hydrogen-bond acceptors (Lipinski definition) is 2. The lowest BCUT2D eigenvalue weighted by Gasteiger charge is -2.35. The lowest BCUT2D eigenvalue weighted by Crippen LogP contribution is -2.35. The number of aromatic nitrogens is 1. The van der Waals surface area contributed by atoms with E-state index in [-0.39, 0.29) is 0 Å². The monoisotopic (exact) mass is 360 g/mol. The molecule has 138 valence electrons. The maximum absolute atomic E-state index is 11.0. The Morgan fingerprint density at radius 1 is 1.00 bits per heavy atom. The molecule has 0 fully saturated rings. The van der Waals surface area contributed by atoms with Gasteiger partial charge in [-0.2, -0.15) is 0 Å². The van der Waals surface area contributed by atoms with Crippen LogP contribution in [-0.4, -0.2) is 28.6 Å². The maximum Gasteiger partial charge on any atom is 0.335 e. The maximum atomic E-state index is 11.0. The molecule has 4 nitrogen and oxygen atoms in total. The number of carboxylic acid groups (broad SMARTS) is 1. The van der Waals surface area contributed by atoms with Crippen LogP contribution in [-0.2, 0) is 6.42 Å². The summed E-state index contributed by atoms with van der Waals surface area (Å²) in [4.78, 5) is 17.0. The van der Waals surface area contributed by atoms with Gasteiger partial charge in [0.2, 0.25) is 0 Å². The van der Waals surface area contributed by atoms with E-state index < -0.39 is 5.97 Å². The first-order valence-corrected chi connectivity index (χ1v) is 9.45. The Morgan fingerprint density at radius 2 is 1.67 bits per heavy atom. The molecule has 0 atom stereocenters. The summed E-state index contributed by atoms with van der Waals surface area (Å²) in [5.41, 5.74) is 7.31. The van der Waals surface area contributed by atoms with Crippen LogP contribution in [0.5, 0.6) is 0 Å². The van der Waals surface area contributed by atoms with Crippen molar-refractivity contribution in [2.45, 2.75) is 32.7 Å². The number of fused-ring (bicyclic) bond motifs is 1. The second kappa shape index (κ2) is 6.95. The van der Waals surface area contributed by atoms with E-state index in [2.05, 4.69) is 48.0 Å². The number of nitrogens with zero attached hydrogens (tertiary/aromatic N) is 1. The summed E-state index contributed by atoms with van der Waals surface area (Å²) in [7, 11) is 0. The summed E-state index contributed by atoms with van der Waals surface area (Å²) in [6, 6.07) is 18.3. The molecule has 4 rings (SSSR count). The predicted molar refractivity (Wildman–Crippen MR) is 109 cm³/mol. The lowest BCUT2D eigenvalue weighted by molar-refractivity contribution is 0.0697. The number of aromatic amines is 1. The van der Waals surface area contributed by atoms with E-state index in [9.17, 15) is 4.79 Å². The number of rotatable bonds is 4. The van der Waals surface area contributed by atoms with E-state index in [1.54, 1.807) is 12.1 Å². The Hall–Kier alpha value is -3.01. The molecule has 4 heteroatoms. The first-order chi connectivity index (χ1) is 13.0. The quantitative estimate of drug-likeness (QED) is 0.672. The van der Waals surface area contributed by atoms with Gasteiger partial charge in [0.05, 0.1) is 5.56 Å². The highest BCUT2D eigenvalue weighted by molar-refractivity contribution is 5.88. The van der Waals surface area contributed by atoms with Gasteiger partial charge in [-0.25, -0.2) is 4.79 Å². The van der Waals surface area contributed by atoms with Crippen LogP contribution in [0.15, 0.2) is 54.6 Å². The molecular formula is C23H24N2O2. The molecule has 1 aromatic heterocycles. The molecule has 0 saturated carbocycles. The summed E-state index contributed by atoms with van der Waals surface area (Å²) in [5.74, 6) is -0.904. The van der Waals surface area contributed by atoms with Crippen molar-refractivity contribution in [1.82, 2.24) is 4.98 Å². The minimum Gasteiger partial charge on any atom is -0.478 e. The smallest absolute Gasteiger partial charge is 0.335 e. The van der Waals surface area contributed by atoms with E-state index >= 15 is 0 Å². The Bertz CT molecular complexity index is 970. The summed E-state index contributed by atoms with van der Waals surface area (Å²) in [5, 5.41) is 9.04. The molecule has 0 unspecified atom stereocenters. The number of benzene rings is 2. The molecule has 3 aromatic rings. The van der Waals surface area contributed by atoms with E-state index in [0.717, 1.165) is 29.9 Å². The molecule has 0 radical (unpaired) electrons. The van der Waals surface area contributed by atoms with Crippen molar-refractivity contribution in [3.63, 3.8) is 0 Å². The molecule has 2 N–H and O–H groups in total. The summed E-state index contributed by atoms with van der Waals surface area (Å²) < 4.78 is 0. The Balaban J connectivity index is 1.63. The molecule has 27 heavy (non-hydrogen) atoms. The number of nitrogens with one attached hydrogen (secondary N) is 1. The minimum absolute atomic E-state index is 0.301. The van der Waals surface area contributed by atoms with Crippen LogP contribution < -0.4 is 4.90 Å². The van der Waals surface area contributed by atoms with Gasteiger partial charge in [0.25, 0.3) is 0 Å². The number of aromatic carboxylic acids is 1. The third-order valence-corrected chi connectivity index (χ3v) is 5.30. The third-order valence-electron chi connectivity index (χ3n) is 5.30. The number of hydrogen-bond donors (Lipinski definition) is 2. The fourth-order valence-electron chi connectivity index (χ4n) is 3.85. The van der Waals surface area contributed by atoms with Crippen molar-refractivity contribution >= 4 is 11.7 Å². The molecule has 1 aliphatic heterocycles. The topological polar surface area (TPSA) is 56.3 Å². The van der Waals surface area contributed by atoms with Gasteiger partial charge in [-0.05, 0) is 79.8 Å². The highest BCUT2D eigenvalue weighted by Gasteiger charge is 2.19. The molecule has 0 bridgehead atoms. The molecule has 0 saturated heterocycles. The highest BCUT2D eigenvalue weighted by atomic mass is 16.4. The average Bonchev–Trinajstić information content (AvgIpc) is 3.17. The molecule has 1 aliphatic rings. The van der Waals surface area contributed by atoms with Gasteiger partial charge >= 0.3 is 5.97 Å². The number of carbonyl (C=O) groups is 1. The first-order valence-electron chi connectivity index (χ1n) is 9.45. The van der Waals surface area contributed by atoms with E-state index in [0.29, 0.717) is 11.6 Å². The second-order valence-corrected chi connectivity index (χ2v) is 7.40. The standard InChI is InChI=1S/C23H24N2O2/c1-15(2)25-13-3-4-19-14-18(9-12-22(19)25)21-11-10-20(24-21)16-5-7-17(8-6-16)23(26)27/h5-12,14-15,24H,3-4,13H2,1-2H3,(H,26,27). The number of carboxylic acids is 1. The van der Waals surface area contributed by atoms with Crippen molar-refractivity contribution in [2.24, 2.45) is 0 Å². The average molecular weight is 360 g/mol. The van der Waals surface area contributed by atoms with Crippen LogP contribution in [0.2, 0.25) is 0 Å². The van der Waals surface area contributed by atoms with Crippen LogP contribution in [0.4, 0.5) is 5.69 Å². The SMILES string of the molecule is CC(C)N1CCCc2cc(-c3ccc(-c4ccc(C(=O)O)cc4)[nH]3)ccc21. The largest absolute Gasteiger partial charge is 0.478 e. The predicted octanol–water partition coefficient (Wildman–Crippen LogP) is 5.21. The van der Waals surface area contributed by atoms with Crippen molar-refractivity contribution in [2.75, 3.05) is 11.4 Å². The van der Waals surface area contributed by atoms with Gasteiger partial charge in [0.1, 0.15) is 0 Å². The van der Waals surface area contributed by atoms with Gasteiger partial charge in [-0.1, -0.05) is 18.2 Å². The normalized spacial score (nSPS) is 13.7. The molecule has 2 heterocycles. The van der Waals surface area contributed by atoms with Crippen LogP contribution in [0.1, 0.15) is 36.2 Å². The number of anilines is 1. The zero-order chi connectivity index (χ0) is 19.0. The summed E-state index contributed by atoms with van der Waals surface area (Å²) in [6.07, 6.45) is 2.32. The number of H-pyrrole nitrogens is 1. The van der Waals surface area contributed by atoms with Crippen LogP contribution in [0.25, 0.3) is 22.5 Å². The van der Waals surface area contributed by atoms with Gasteiger partial charge in [0.15, 0.2) is 0 Å². The Labute approximate surface area is 159 Å². The molecule has 0 aliphatic carbocycles. The third kappa shape index (κ3) is 3.35. The van der Waals surface area contributed by atoms with Crippen molar-refractivity contribution in [3.8, 4) is 22.5 Å². The highest BCUT2D eigenvalue weighted by Crippen LogP contribution is 2.33. The van der Waals surface area contributed by atoms with Crippen LogP contribution in [0.3, 0.4) is 0 Å². The van der Waals surface area contributed by atoms with Crippen molar-refractivity contribution < 1.29 is 9.90 Å². The minimum atomic E-state index is -0.904. The van der Waals surface area contributed by atoms with Crippen molar-refractivity contribution in [1.29, 1.82) is 0 Å². The fraction of sp³-hybridized carbons (Fsp3) is 0.261. The number of aryl methyl sites for hydroxylation is 1. The van der Waals surface area contributed by atoms with E-state index in [1.807, 2.05) is 18.2 Å². The van der Waals surface area contributed by atoms with Crippen LogP contribution >= 0.6 is 0 Å². The lowest BCUT2D eigenvalue weighted by atomic mass is 9.97. The van der Waals surface area contributed by atoms with Crippen LogP contribution in [0, 0.1) is 0 Å². The fourth-order valence-corrected chi connectivity index (χ4v) is 3.85. The second-order valence-electron chi connectivity index (χ2n) is 7.40. The van der Waals surface area contributed by atoms with E-state index in [1.165, 1.54) is 23.2 Å². The molecule has 0 spiro atoms. The Morgan fingerprint density at radius 3 is 2.33 bits per heavy atom. The van der Waals surface area contributed by atoms with Crippen molar-refractivity contribution in [3.05, 3.63) is 65.7 Å². The molecular weight excluding hydrogens is 336 g/mol. The van der Waals surface area contributed by atoms with E-state index in [4.69, 9.17) is 5.11 Å². The summed E-state index contributed by atoms with van der Waals surface area (Å²) >= 11 is 0. The summed E-state index contributed by atoms with van der Waals surface area (Å²) in [6.45, 7) is 5.62. The zero-order valence-corrected chi connectivity index (χ0v) is 15.7.